The largest absolute Gasteiger partial charge is 0.465 e. The summed E-state index contributed by atoms with van der Waals surface area (Å²) in [6, 6.07) is 3.07. The van der Waals surface area contributed by atoms with Crippen LogP contribution >= 0.6 is 15.9 Å². The quantitative estimate of drug-likeness (QED) is 0.194. The molecule has 1 aliphatic rings. The summed E-state index contributed by atoms with van der Waals surface area (Å²) in [5, 5.41) is 0. The molecule has 0 amide bonds. The van der Waals surface area contributed by atoms with Crippen LogP contribution in [-0.4, -0.2) is 29.3 Å². The maximum Gasteiger partial charge on any atom is 0.338 e. The Morgan fingerprint density at radius 3 is 2.48 bits per heavy atom. The molecule has 3 aromatic rings. The minimum Gasteiger partial charge on any atom is -0.465 e. The Balaban J connectivity index is 1.90. The Morgan fingerprint density at radius 1 is 1.16 bits per heavy atom. The fourth-order valence-electron chi connectivity index (χ4n) is 3.55. The van der Waals surface area contributed by atoms with Gasteiger partial charge >= 0.3 is 5.97 Å². The zero-order valence-electron chi connectivity index (χ0n) is 16.2. The van der Waals surface area contributed by atoms with Crippen LogP contribution in [-0.2, 0) is 17.7 Å². The highest BCUT2D eigenvalue weighted by molar-refractivity contribution is 9.10. The van der Waals surface area contributed by atoms with E-state index in [4.69, 9.17) is 0 Å². The molecular weight excluding hydrogens is 487 g/mol. The van der Waals surface area contributed by atoms with Gasteiger partial charge < -0.3 is 9.30 Å². The fourth-order valence-corrected chi connectivity index (χ4v) is 3.92. The van der Waals surface area contributed by atoms with Crippen LogP contribution < -0.4 is 0 Å². The van der Waals surface area contributed by atoms with E-state index in [-0.39, 0.29) is 33.4 Å². The maximum absolute atomic E-state index is 14.7. The van der Waals surface area contributed by atoms with E-state index in [9.17, 15) is 26.7 Å². The Labute approximate surface area is 182 Å². The number of esters is 1. The smallest absolute Gasteiger partial charge is 0.338 e. The zero-order valence-corrected chi connectivity index (χ0v) is 17.8. The van der Waals surface area contributed by atoms with Crippen LogP contribution in [0.25, 0.3) is 11.0 Å². The van der Waals surface area contributed by atoms with Crippen LogP contribution in [0.5, 0.6) is 0 Å². The van der Waals surface area contributed by atoms with Crippen molar-refractivity contribution in [1.29, 1.82) is 0 Å². The van der Waals surface area contributed by atoms with Crippen LogP contribution in [0.2, 0.25) is 0 Å². The number of carbonyl (C=O) groups excluding carboxylic acids is 1. The molecular formula is C21H16BrF5N2O2. The van der Waals surface area contributed by atoms with Gasteiger partial charge in [0.05, 0.1) is 29.3 Å². The number of alkyl halides is 1. The molecule has 0 N–H and O–H groups in total. The first-order valence-corrected chi connectivity index (χ1v) is 10.1. The van der Waals surface area contributed by atoms with Gasteiger partial charge in [0.2, 0.25) is 0 Å². The summed E-state index contributed by atoms with van der Waals surface area (Å²) in [7, 11) is 1.14. The van der Waals surface area contributed by atoms with Crippen molar-refractivity contribution in [2.45, 2.75) is 25.8 Å². The summed E-state index contributed by atoms with van der Waals surface area (Å²) in [5.74, 6) is -5.27. The van der Waals surface area contributed by atoms with Crippen LogP contribution in [0, 0.1) is 28.7 Å². The van der Waals surface area contributed by atoms with Crippen LogP contribution in [0.15, 0.2) is 22.7 Å². The summed E-state index contributed by atoms with van der Waals surface area (Å²) in [5.41, 5.74) is -1.35. The third-order valence-corrected chi connectivity index (χ3v) is 6.16. The standard InChI is InChI=1S/C21H16BrF5N2O2/c1-31-20(30)10-4-14(25)19-15(5-10)29(9-21(8-23)2-3-21)16(28-19)6-11-13(24)7-12(22)18(27)17(11)26/h4-5,7H,2-3,6,8-9H2,1H3. The second-order valence-corrected chi connectivity index (χ2v) is 8.54. The van der Waals surface area contributed by atoms with Gasteiger partial charge in [-0.3, -0.25) is 4.39 Å². The number of aromatic nitrogens is 2. The molecule has 4 nitrogen and oxygen atoms in total. The predicted octanol–water partition coefficient (Wildman–Crippen LogP) is 5.48. The van der Waals surface area contributed by atoms with Gasteiger partial charge in [0.25, 0.3) is 0 Å². The molecule has 0 radical (unpaired) electrons. The lowest BCUT2D eigenvalue weighted by atomic mass is 10.1. The second kappa shape index (κ2) is 7.89. The molecule has 1 aromatic heterocycles. The molecule has 0 aliphatic heterocycles. The maximum atomic E-state index is 14.7. The average molecular weight is 503 g/mol. The van der Waals surface area contributed by atoms with Gasteiger partial charge in [-0.25, -0.2) is 27.3 Å². The van der Waals surface area contributed by atoms with Crippen molar-refractivity contribution in [3.63, 3.8) is 0 Å². The van der Waals surface area contributed by atoms with Crippen molar-refractivity contribution in [1.82, 2.24) is 9.55 Å². The molecule has 0 unspecified atom stereocenters. The van der Waals surface area contributed by atoms with Crippen molar-refractivity contribution in [2.75, 3.05) is 13.8 Å². The Bertz CT molecular complexity index is 1210. The van der Waals surface area contributed by atoms with Crippen molar-refractivity contribution in [3.8, 4) is 0 Å². The lowest BCUT2D eigenvalue weighted by molar-refractivity contribution is 0.0600. The minimum atomic E-state index is -1.40. The highest BCUT2D eigenvalue weighted by Crippen LogP contribution is 2.48. The van der Waals surface area contributed by atoms with Gasteiger partial charge in [0.1, 0.15) is 17.2 Å². The van der Waals surface area contributed by atoms with Gasteiger partial charge in [-0.05, 0) is 47.0 Å². The summed E-state index contributed by atoms with van der Waals surface area (Å²) in [6.07, 6.45) is 0.667. The first-order chi connectivity index (χ1) is 14.7. The van der Waals surface area contributed by atoms with E-state index < -0.39 is 53.3 Å². The van der Waals surface area contributed by atoms with Crippen molar-refractivity contribution < 1.29 is 31.5 Å². The van der Waals surface area contributed by atoms with Gasteiger partial charge in [0, 0.05) is 23.9 Å². The summed E-state index contributed by atoms with van der Waals surface area (Å²) in [6.45, 7) is -0.567. The first-order valence-electron chi connectivity index (χ1n) is 9.34. The van der Waals surface area contributed by atoms with E-state index in [0.717, 1.165) is 19.2 Å². The first kappa shape index (κ1) is 21.7. The third-order valence-electron chi connectivity index (χ3n) is 5.59. The molecule has 0 atom stereocenters. The van der Waals surface area contributed by atoms with E-state index in [1.54, 1.807) is 0 Å². The summed E-state index contributed by atoms with van der Waals surface area (Å²) in [4.78, 5) is 16.1. The Hall–Kier alpha value is -2.49. The molecule has 164 valence electrons. The van der Waals surface area contributed by atoms with Gasteiger partial charge in [-0.2, -0.15) is 0 Å². The molecule has 0 spiro atoms. The molecule has 4 rings (SSSR count). The topological polar surface area (TPSA) is 44.1 Å². The number of hydrogen-bond acceptors (Lipinski definition) is 3. The number of methoxy groups -OCH3 is 1. The SMILES string of the molecule is COC(=O)c1cc(F)c2nc(Cc3c(F)cc(Br)c(F)c3F)n(CC3(CF)CC3)c2c1. The number of ether oxygens (including phenoxy) is 1. The third kappa shape index (κ3) is 3.81. The molecule has 10 heteroatoms. The van der Waals surface area contributed by atoms with E-state index >= 15 is 0 Å². The lowest BCUT2D eigenvalue weighted by Crippen LogP contribution is -2.17. The highest BCUT2D eigenvalue weighted by Gasteiger charge is 2.44. The highest BCUT2D eigenvalue weighted by atomic mass is 79.9. The van der Waals surface area contributed by atoms with Crippen LogP contribution in [0.1, 0.15) is 34.6 Å². The van der Waals surface area contributed by atoms with Gasteiger partial charge in [-0.15, -0.1) is 0 Å². The number of fused-ring (bicyclic) bond motifs is 1. The minimum absolute atomic E-state index is 0.0233. The number of halogens is 6. The van der Waals surface area contributed by atoms with Crippen molar-refractivity contribution >= 4 is 32.9 Å². The average Bonchev–Trinajstić information content (AvgIpc) is 3.45. The summed E-state index contributed by atoms with van der Waals surface area (Å²) >= 11 is 2.74. The normalized spacial score (nSPS) is 14.8. The van der Waals surface area contributed by atoms with E-state index in [1.165, 1.54) is 10.6 Å². The molecule has 1 fully saturated rings. The van der Waals surface area contributed by atoms with Crippen LogP contribution in [0.4, 0.5) is 22.0 Å². The summed E-state index contributed by atoms with van der Waals surface area (Å²) < 4.78 is 76.8. The molecule has 1 aliphatic carbocycles. The number of benzene rings is 2. The molecule has 2 aromatic carbocycles. The number of nitrogens with zero attached hydrogens (tertiary/aromatic N) is 2. The molecule has 1 heterocycles. The molecule has 0 saturated heterocycles. The molecule has 31 heavy (non-hydrogen) atoms. The van der Waals surface area contributed by atoms with E-state index in [2.05, 4.69) is 25.7 Å². The van der Waals surface area contributed by atoms with Gasteiger partial charge in [-0.1, -0.05) is 0 Å². The lowest BCUT2D eigenvalue weighted by Gasteiger charge is -2.16. The number of carbonyl (C=O) groups is 1. The number of hydrogen-bond donors (Lipinski definition) is 0. The fraction of sp³-hybridized carbons (Fsp3) is 0.333. The monoisotopic (exact) mass is 502 g/mol. The predicted molar refractivity (Wildman–Crippen MR) is 105 cm³/mol. The van der Waals surface area contributed by atoms with Crippen molar-refractivity contribution in [2.24, 2.45) is 5.41 Å². The van der Waals surface area contributed by atoms with E-state index in [0.29, 0.717) is 12.8 Å². The molecule has 0 bridgehead atoms. The van der Waals surface area contributed by atoms with Crippen molar-refractivity contribution in [3.05, 3.63) is 62.9 Å². The molecule has 1 saturated carbocycles. The van der Waals surface area contributed by atoms with Gasteiger partial charge in [0.15, 0.2) is 17.5 Å². The Morgan fingerprint density at radius 2 is 1.87 bits per heavy atom. The number of rotatable bonds is 6. The van der Waals surface area contributed by atoms with E-state index in [1.807, 2.05) is 0 Å². The number of imidazole rings is 1. The second-order valence-electron chi connectivity index (χ2n) is 7.69. The zero-order chi connectivity index (χ0) is 22.5. The Kier molecular flexibility index (Phi) is 5.53. The van der Waals surface area contributed by atoms with Crippen LogP contribution in [0.3, 0.4) is 0 Å².